The Hall–Kier alpha value is -3.87. The predicted octanol–water partition coefficient (Wildman–Crippen LogP) is 3.90. The Balaban J connectivity index is 1.45. The van der Waals surface area contributed by atoms with Crippen LogP contribution in [0.5, 0.6) is 0 Å². The van der Waals surface area contributed by atoms with Gasteiger partial charge in [0.05, 0.1) is 12.2 Å². The van der Waals surface area contributed by atoms with Crippen molar-refractivity contribution in [3.8, 4) is 11.3 Å². The molecule has 1 aromatic carbocycles. The van der Waals surface area contributed by atoms with Gasteiger partial charge in [-0.3, -0.25) is 19.1 Å². The fraction of sp³-hybridized carbons (Fsp3) is 0.240. The Labute approximate surface area is 185 Å². The highest BCUT2D eigenvalue weighted by Crippen LogP contribution is 2.30. The van der Waals surface area contributed by atoms with Crippen LogP contribution in [0.1, 0.15) is 47.8 Å². The molecule has 160 valence electrons. The van der Waals surface area contributed by atoms with Gasteiger partial charge in [-0.1, -0.05) is 31.0 Å². The van der Waals surface area contributed by atoms with Gasteiger partial charge in [-0.25, -0.2) is 9.97 Å². The average Bonchev–Trinajstić information content (AvgIpc) is 3.37. The first kappa shape index (κ1) is 20.1. The van der Waals surface area contributed by atoms with E-state index in [2.05, 4.69) is 20.3 Å². The first-order valence-corrected chi connectivity index (χ1v) is 10.9. The number of aromatic nitrogens is 4. The number of hydrogen-bond donors (Lipinski definition) is 1. The maximum absolute atomic E-state index is 13.4. The Morgan fingerprint density at radius 3 is 2.50 bits per heavy atom. The van der Waals surface area contributed by atoms with Crippen molar-refractivity contribution in [1.82, 2.24) is 24.8 Å². The molecule has 0 unspecified atom stereocenters. The summed E-state index contributed by atoms with van der Waals surface area (Å²) in [5, 5.41) is 2.87. The van der Waals surface area contributed by atoms with Crippen molar-refractivity contribution >= 4 is 17.1 Å². The number of fused-ring (bicyclic) bond motifs is 1. The third kappa shape index (κ3) is 3.89. The number of rotatable bonds is 5. The summed E-state index contributed by atoms with van der Waals surface area (Å²) in [4.78, 5) is 39.2. The van der Waals surface area contributed by atoms with Gasteiger partial charge in [0.1, 0.15) is 11.2 Å². The summed E-state index contributed by atoms with van der Waals surface area (Å²) in [5.41, 5.74) is 3.59. The fourth-order valence-corrected chi connectivity index (χ4v) is 4.28. The highest BCUT2D eigenvalue weighted by Gasteiger charge is 2.23. The number of nitrogens with one attached hydrogen (secondary N) is 1. The van der Waals surface area contributed by atoms with Gasteiger partial charge < -0.3 is 5.32 Å². The summed E-state index contributed by atoms with van der Waals surface area (Å²) in [7, 11) is 0. The molecule has 0 saturated heterocycles. The van der Waals surface area contributed by atoms with Crippen LogP contribution in [0.4, 0.5) is 0 Å². The van der Waals surface area contributed by atoms with E-state index < -0.39 is 0 Å². The van der Waals surface area contributed by atoms with E-state index in [0.29, 0.717) is 34.5 Å². The molecule has 0 aliphatic heterocycles. The Morgan fingerprint density at radius 1 is 0.969 bits per heavy atom. The maximum Gasteiger partial charge on any atom is 0.278 e. The molecule has 1 amide bonds. The number of carbonyl (C=O) groups excluding carboxylic acids is 1. The summed E-state index contributed by atoms with van der Waals surface area (Å²) in [6.07, 6.45) is 7.58. The summed E-state index contributed by atoms with van der Waals surface area (Å²) in [6, 6.07) is 16.4. The quantitative estimate of drug-likeness (QED) is 0.524. The van der Waals surface area contributed by atoms with Crippen molar-refractivity contribution in [1.29, 1.82) is 0 Å². The van der Waals surface area contributed by atoms with Gasteiger partial charge in [-0.2, -0.15) is 0 Å². The number of hydrogen-bond acceptors (Lipinski definition) is 5. The van der Waals surface area contributed by atoms with Crippen molar-refractivity contribution in [2.24, 2.45) is 0 Å². The van der Waals surface area contributed by atoms with E-state index >= 15 is 0 Å². The molecule has 1 fully saturated rings. The Kier molecular flexibility index (Phi) is 5.46. The normalized spacial score (nSPS) is 14.0. The third-order valence-electron chi connectivity index (χ3n) is 5.91. The second-order valence-corrected chi connectivity index (χ2v) is 8.00. The van der Waals surface area contributed by atoms with Gasteiger partial charge in [0.25, 0.3) is 11.5 Å². The zero-order valence-corrected chi connectivity index (χ0v) is 17.6. The Morgan fingerprint density at radius 2 is 1.75 bits per heavy atom. The van der Waals surface area contributed by atoms with E-state index in [0.717, 1.165) is 31.4 Å². The molecule has 4 aromatic rings. The number of benzene rings is 1. The molecule has 1 aliphatic carbocycles. The van der Waals surface area contributed by atoms with Gasteiger partial charge in [-0.05, 0) is 49.2 Å². The van der Waals surface area contributed by atoms with Crippen LogP contribution in [-0.4, -0.2) is 25.4 Å². The first-order chi connectivity index (χ1) is 15.7. The predicted molar refractivity (Wildman–Crippen MR) is 122 cm³/mol. The lowest BCUT2D eigenvalue weighted by Gasteiger charge is -2.17. The van der Waals surface area contributed by atoms with Gasteiger partial charge >= 0.3 is 0 Å². The molecule has 3 aromatic heterocycles. The van der Waals surface area contributed by atoms with E-state index in [9.17, 15) is 9.59 Å². The van der Waals surface area contributed by atoms with Crippen LogP contribution in [0, 0.1) is 0 Å². The molecule has 0 radical (unpaired) electrons. The average molecular weight is 425 g/mol. The number of nitrogens with zero attached hydrogens (tertiary/aromatic N) is 4. The van der Waals surface area contributed by atoms with Crippen LogP contribution in [0.3, 0.4) is 0 Å². The van der Waals surface area contributed by atoms with Crippen LogP contribution in [0.15, 0.2) is 71.8 Å². The summed E-state index contributed by atoms with van der Waals surface area (Å²) < 4.78 is 1.82. The molecule has 7 nitrogen and oxygen atoms in total. The summed E-state index contributed by atoms with van der Waals surface area (Å²) in [5.74, 6) is -0.193. The van der Waals surface area contributed by atoms with E-state index in [1.165, 1.54) is 0 Å². The Bertz CT molecular complexity index is 1310. The van der Waals surface area contributed by atoms with Gasteiger partial charge in [0.2, 0.25) is 0 Å². The highest BCUT2D eigenvalue weighted by molar-refractivity contribution is 5.94. The van der Waals surface area contributed by atoms with Crippen molar-refractivity contribution < 1.29 is 4.79 Å². The van der Waals surface area contributed by atoms with Crippen molar-refractivity contribution in [3.63, 3.8) is 0 Å². The van der Waals surface area contributed by atoms with Crippen molar-refractivity contribution in [2.75, 3.05) is 0 Å². The zero-order valence-electron chi connectivity index (χ0n) is 17.6. The molecule has 1 aliphatic rings. The molecule has 32 heavy (non-hydrogen) atoms. The smallest absolute Gasteiger partial charge is 0.278 e. The van der Waals surface area contributed by atoms with Gasteiger partial charge in [0, 0.05) is 29.6 Å². The lowest BCUT2D eigenvalue weighted by Crippen LogP contribution is -2.27. The second-order valence-electron chi connectivity index (χ2n) is 8.00. The maximum atomic E-state index is 13.4. The molecular formula is C25H23N5O2. The van der Waals surface area contributed by atoms with E-state index in [-0.39, 0.29) is 17.5 Å². The number of pyridine rings is 2. The molecule has 7 heteroatoms. The van der Waals surface area contributed by atoms with E-state index in [1.54, 1.807) is 36.7 Å². The molecular weight excluding hydrogens is 402 g/mol. The minimum Gasteiger partial charge on any atom is -0.346 e. The molecule has 0 spiro atoms. The standard InChI is InChI=1S/C25H23N5O2/c31-24(28-16-19-6-3-4-14-26-19)18-12-10-17(11-13-18)22-25(32)30(20-7-1-2-8-20)23-21(29-22)9-5-15-27-23/h3-6,9-15,20H,1-2,7-8,16H2,(H,28,31). The first-order valence-electron chi connectivity index (χ1n) is 10.9. The fourth-order valence-electron chi connectivity index (χ4n) is 4.28. The SMILES string of the molecule is O=C(NCc1ccccn1)c1ccc(-c2nc3cccnc3n(C3CCCC3)c2=O)cc1. The van der Waals surface area contributed by atoms with Crippen LogP contribution >= 0.6 is 0 Å². The van der Waals surface area contributed by atoms with Gasteiger partial charge in [0.15, 0.2) is 5.65 Å². The van der Waals surface area contributed by atoms with Crippen LogP contribution in [0.2, 0.25) is 0 Å². The summed E-state index contributed by atoms with van der Waals surface area (Å²) in [6.45, 7) is 0.354. The minimum absolute atomic E-state index is 0.129. The molecule has 1 saturated carbocycles. The number of carbonyl (C=O) groups is 1. The summed E-state index contributed by atoms with van der Waals surface area (Å²) >= 11 is 0. The topological polar surface area (TPSA) is 89.8 Å². The van der Waals surface area contributed by atoms with E-state index in [4.69, 9.17) is 0 Å². The second kappa shape index (κ2) is 8.70. The lowest BCUT2D eigenvalue weighted by molar-refractivity contribution is 0.0950. The van der Waals surface area contributed by atoms with Crippen LogP contribution in [-0.2, 0) is 6.54 Å². The van der Waals surface area contributed by atoms with E-state index in [1.807, 2.05) is 34.9 Å². The monoisotopic (exact) mass is 425 g/mol. The molecule has 5 rings (SSSR count). The molecule has 3 heterocycles. The molecule has 0 bridgehead atoms. The third-order valence-corrected chi connectivity index (χ3v) is 5.91. The van der Waals surface area contributed by atoms with Crippen LogP contribution < -0.4 is 10.9 Å². The highest BCUT2D eigenvalue weighted by atomic mass is 16.1. The van der Waals surface area contributed by atoms with Crippen molar-refractivity contribution in [3.05, 3.63) is 88.6 Å². The molecule has 1 N–H and O–H groups in total. The number of amides is 1. The minimum atomic E-state index is -0.193. The van der Waals surface area contributed by atoms with Gasteiger partial charge in [-0.15, -0.1) is 0 Å². The van der Waals surface area contributed by atoms with Crippen molar-refractivity contribution in [2.45, 2.75) is 38.3 Å². The van der Waals surface area contributed by atoms with Crippen LogP contribution in [0.25, 0.3) is 22.4 Å². The lowest BCUT2D eigenvalue weighted by atomic mass is 10.1. The zero-order chi connectivity index (χ0) is 21.9. The molecule has 0 atom stereocenters. The largest absolute Gasteiger partial charge is 0.346 e.